The SMILES string of the molecule is C=C(C)C(=O)OC1CCC(C(=O)Oc2ccc([S+](c3ccccc3)c3ccccc3)cc2)CC1.C=C(C)C(=O)Oc1ccc(C(=O)Oc2ccc([S+](c3ccccc3)c3ccccc3)cc2)c2ccccc12.C=C(C)C(=O)Oc1ccc(C(=O)Oc2ccc([S+](c3ccccc3)c3ccccc3)cc2)cc1.[CH3-].[CH3-].[CH3-]. The molecule has 0 aliphatic heterocycles. The van der Waals surface area contributed by atoms with Gasteiger partial charge in [0.25, 0.3) is 0 Å². The number of carbonyl (C=O) groups is 6. The van der Waals surface area contributed by atoms with E-state index in [1.165, 1.54) is 29.4 Å². The van der Waals surface area contributed by atoms with Gasteiger partial charge in [-0.2, -0.15) is 0 Å². The second-order valence-electron chi connectivity index (χ2n) is 24.6. The van der Waals surface area contributed by atoms with Gasteiger partial charge in [-0.15, -0.1) is 0 Å². The Morgan fingerprint density at radius 1 is 0.294 bits per heavy atom. The third kappa shape index (κ3) is 22.5. The molecule has 552 valence electrons. The Kier molecular flexibility index (Phi) is 30.8. The molecule has 0 saturated heterocycles. The van der Waals surface area contributed by atoms with Crippen LogP contribution < -0.4 is 23.7 Å². The summed E-state index contributed by atoms with van der Waals surface area (Å²) in [5.41, 5.74) is 1.73. The summed E-state index contributed by atoms with van der Waals surface area (Å²) in [6.45, 7) is 15.6. The van der Waals surface area contributed by atoms with Gasteiger partial charge in [0, 0.05) is 22.1 Å². The third-order valence-corrected chi connectivity index (χ3v) is 23.3. The Bertz CT molecular complexity index is 4900. The third-order valence-electron chi connectivity index (χ3n) is 16.6. The molecule has 0 heterocycles. The normalized spacial score (nSPS) is 12.6. The lowest BCUT2D eigenvalue weighted by molar-refractivity contribution is -0.148. The Hall–Kier alpha value is -12.0. The van der Waals surface area contributed by atoms with Crippen LogP contribution in [0, 0.1) is 28.2 Å². The van der Waals surface area contributed by atoms with Crippen LogP contribution >= 0.6 is 0 Å². The summed E-state index contributed by atoms with van der Waals surface area (Å²) in [5.74, 6) is -0.619. The van der Waals surface area contributed by atoms with Crippen LogP contribution in [-0.2, 0) is 56.6 Å². The van der Waals surface area contributed by atoms with Crippen LogP contribution in [0.5, 0.6) is 28.7 Å². The molecule has 0 aromatic heterocycles. The van der Waals surface area contributed by atoms with E-state index in [1.54, 1.807) is 69.3 Å². The highest BCUT2D eigenvalue weighted by Gasteiger charge is 2.33. The molecular weight excluding hydrogens is 1420 g/mol. The van der Waals surface area contributed by atoms with Crippen LogP contribution in [0.15, 0.2) is 396 Å². The lowest BCUT2D eigenvalue weighted by atomic mass is 9.87. The molecule has 0 spiro atoms. The van der Waals surface area contributed by atoms with Gasteiger partial charge in [-0.1, -0.05) is 153 Å². The summed E-state index contributed by atoms with van der Waals surface area (Å²) < 4.78 is 33.0. The first kappa shape index (κ1) is 82.6. The highest BCUT2D eigenvalue weighted by Crippen LogP contribution is 2.37. The van der Waals surface area contributed by atoms with E-state index in [0.717, 1.165) is 14.7 Å². The molecule has 0 radical (unpaired) electrons. The predicted molar refractivity (Wildman–Crippen MR) is 437 cm³/mol. The summed E-state index contributed by atoms with van der Waals surface area (Å²) in [7, 11) is -0.801. The van der Waals surface area contributed by atoms with Crippen molar-refractivity contribution >= 4 is 79.3 Å². The summed E-state index contributed by atoms with van der Waals surface area (Å²) in [4.78, 5) is 84.6. The second kappa shape index (κ2) is 40.6. The van der Waals surface area contributed by atoms with Crippen LogP contribution in [-0.4, -0.2) is 41.9 Å². The van der Waals surface area contributed by atoms with Crippen LogP contribution in [0.3, 0.4) is 0 Å². The van der Waals surface area contributed by atoms with E-state index in [0.29, 0.717) is 93.0 Å². The monoisotopic (exact) mass is 1500 g/mol. The first-order chi connectivity index (χ1) is 51.5. The van der Waals surface area contributed by atoms with Crippen molar-refractivity contribution in [2.75, 3.05) is 0 Å². The van der Waals surface area contributed by atoms with Crippen LogP contribution in [0.25, 0.3) is 10.8 Å². The molecule has 0 N–H and O–H groups in total. The Morgan fingerprint density at radius 3 is 0.945 bits per heavy atom. The molecule has 1 aliphatic carbocycles. The quantitative estimate of drug-likeness (QED) is 0.0221. The fourth-order valence-corrected chi connectivity index (χ4v) is 17.5. The van der Waals surface area contributed by atoms with Gasteiger partial charge in [0.15, 0.2) is 44.1 Å². The zero-order chi connectivity index (χ0) is 74.3. The zero-order valence-corrected chi connectivity index (χ0v) is 64.2. The van der Waals surface area contributed by atoms with Crippen LogP contribution in [0.2, 0.25) is 0 Å². The summed E-state index contributed by atoms with van der Waals surface area (Å²) in [6.07, 6.45) is 2.47. The Morgan fingerprint density at radius 2 is 0.587 bits per heavy atom. The molecule has 0 bridgehead atoms. The minimum absolute atomic E-state index is 0. The number of rotatable bonds is 21. The second-order valence-corrected chi connectivity index (χ2v) is 30.7. The van der Waals surface area contributed by atoms with Crippen molar-refractivity contribution in [2.45, 2.75) is 96.6 Å². The maximum absolute atomic E-state index is 13.2. The van der Waals surface area contributed by atoms with Gasteiger partial charge in [-0.25, -0.2) is 24.0 Å². The summed E-state index contributed by atoms with van der Waals surface area (Å²) >= 11 is 0. The molecular formula is C94H86O12S3. The molecule has 109 heavy (non-hydrogen) atoms. The standard InChI is InChI=1S/C33H25O4S.C29H29O4S.C29H23O4S.3CH3/c1-23(2)32(34)37-31-22-21-30(28-15-9-10-16-29(28)31)33(35)36-24-17-19-27(20-18-24)38(25-11-5-3-6-12-25)26-13-7-4-8-14-26;2*1-21(2)28(30)32-23-15-13-22(14-16-23)29(31)33-24-17-19-27(20-18-24)34(25-9-5-3-6-10-25)26-11-7-4-8-12-26;;;/h3-22H,1H2,2H3;3-12,17-20,22-23H,1,13-16H2,2H3;3-20H,1H2,2H3;3*1H3/q3*+1;3*-1. The van der Waals surface area contributed by atoms with Crippen molar-refractivity contribution in [3.05, 3.63) is 385 Å². The van der Waals surface area contributed by atoms with Crippen molar-refractivity contribution in [3.8, 4) is 28.7 Å². The molecule has 0 unspecified atom stereocenters. The maximum atomic E-state index is 13.2. The molecule has 12 nitrogen and oxygen atoms in total. The zero-order valence-electron chi connectivity index (χ0n) is 61.8. The van der Waals surface area contributed by atoms with E-state index in [1.807, 2.05) is 170 Å². The van der Waals surface area contributed by atoms with Gasteiger partial charge >= 0.3 is 35.8 Å². The van der Waals surface area contributed by atoms with Gasteiger partial charge in [-0.3, -0.25) is 4.79 Å². The van der Waals surface area contributed by atoms with Crippen LogP contribution in [0.4, 0.5) is 0 Å². The van der Waals surface area contributed by atoms with Crippen molar-refractivity contribution in [3.63, 3.8) is 0 Å². The Balaban J connectivity index is 0.000000203. The first-order valence-electron chi connectivity index (χ1n) is 34.3. The number of benzene rings is 12. The number of ether oxygens (including phenoxy) is 6. The van der Waals surface area contributed by atoms with Gasteiger partial charge in [0.2, 0.25) is 0 Å². The minimum Gasteiger partial charge on any atom is -0.459 e. The van der Waals surface area contributed by atoms with E-state index in [4.69, 9.17) is 28.4 Å². The average molecular weight is 1500 g/mol. The summed E-state index contributed by atoms with van der Waals surface area (Å²) in [5, 5.41) is 1.28. The van der Waals surface area contributed by atoms with Gasteiger partial charge in [0.05, 0.1) is 49.7 Å². The van der Waals surface area contributed by atoms with E-state index in [9.17, 15) is 28.8 Å². The fourth-order valence-electron chi connectivity index (χ4n) is 11.3. The molecule has 12 aromatic carbocycles. The molecule has 0 atom stereocenters. The van der Waals surface area contributed by atoms with Gasteiger partial charge in [0.1, 0.15) is 34.9 Å². The van der Waals surface area contributed by atoms with E-state index in [-0.39, 0.29) is 78.9 Å². The van der Waals surface area contributed by atoms with Crippen molar-refractivity contribution in [1.29, 1.82) is 0 Å². The van der Waals surface area contributed by atoms with Gasteiger partial charge in [-0.05, 0) is 234 Å². The fraction of sp³-hybridized carbons (Fsp3) is 0.0957. The lowest BCUT2D eigenvalue weighted by Gasteiger charge is -2.27. The summed E-state index contributed by atoms with van der Waals surface area (Å²) in [6, 6.07) is 102. The number of hydrogen-bond donors (Lipinski definition) is 0. The first-order valence-corrected chi connectivity index (χ1v) is 37.9. The lowest BCUT2D eigenvalue weighted by Crippen LogP contribution is -2.30. The van der Waals surface area contributed by atoms with Crippen molar-refractivity contribution in [2.24, 2.45) is 5.92 Å². The van der Waals surface area contributed by atoms with Crippen molar-refractivity contribution < 1.29 is 57.2 Å². The van der Waals surface area contributed by atoms with Gasteiger partial charge < -0.3 is 50.7 Å². The number of esters is 6. The Labute approximate surface area is 648 Å². The predicted octanol–water partition coefficient (Wildman–Crippen LogP) is 21.8. The maximum Gasteiger partial charge on any atom is 0.344 e. The van der Waals surface area contributed by atoms with E-state index >= 15 is 0 Å². The molecule has 0 amide bonds. The molecule has 13 rings (SSSR count). The van der Waals surface area contributed by atoms with E-state index in [2.05, 4.69) is 117 Å². The number of fused-ring (bicyclic) bond motifs is 1. The molecule has 1 fully saturated rings. The average Bonchev–Trinajstić information content (AvgIpc) is 0.699. The molecule has 1 aliphatic rings. The topological polar surface area (TPSA) is 158 Å². The van der Waals surface area contributed by atoms with Crippen LogP contribution in [0.1, 0.15) is 67.2 Å². The minimum atomic E-state index is -0.518. The highest BCUT2D eigenvalue weighted by atomic mass is 32.2. The smallest absolute Gasteiger partial charge is 0.344 e. The van der Waals surface area contributed by atoms with Crippen molar-refractivity contribution in [1.82, 2.24) is 0 Å². The molecule has 15 heteroatoms. The largest absolute Gasteiger partial charge is 0.459 e. The number of hydrogen-bond acceptors (Lipinski definition) is 12. The molecule has 1 saturated carbocycles. The molecule has 12 aromatic rings. The highest BCUT2D eigenvalue weighted by molar-refractivity contribution is 7.97. The number of carbonyl (C=O) groups excluding carboxylic acids is 6. The van der Waals surface area contributed by atoms with E-state index < -0.39 is 23.9 Å².